The van der Waals surface area contributed by atoms with Gasteiger partial charge < -0.3 is 15.4 Å². The number of hydrogen-bond donors (Lipinski definition) is 2. The molecule has 0 aromatic carbocycles. The molecule has 0 aliphatic carbocycles. The van der Waals surface area contributed by atoms with Crippen molar-refractivity contribution in [2.24, 2.45) is 5.92 Å². The van der Waals surface area contributed by atoms with Crippen LogP contribution < -0.4 is 15.4 Å². The van der Waals surface area contributed by atoms with Crippen LogP contribution in [0.2, 0.25) is 0 Å². The predicted molar refractivity (Wildman–Crippen MR) is 61.7 cm³/mol. The van der Waals surface area contributed by atoms with Gasteiger partial charge in [0.1, 0.15) is 0 Å². The molecule has 0 spiro atoms. The van der Waals surface area contributed by atoms with Gasteiger partial charge in [-0.3, -0.25) is 4.79 Å². The van der Waals surface area contributed by atoms with Gasteiger partial charge in [-0.15, -0.1) is 0 Å². The molecule has 0 saturated heterocycles. The van der Waals surface area contributed by atoms with Crippen molar-refractivity contribution in [1.82, 2.24) is 4.98 Å². The lowest BCUT2D eigenvalue weighted by atomic mass is 10.0. The Morgan fingerprint density at radius 1 is 1.38 bits per heavy atom. The highest BCUT2D eigenvalue weighted by atomic mass is 16.5. The summed E-state index contributed by atoms with van der Waals surface area (Å²) in [6, 6.07) is 3.55. The smallest absolute Gasteiger partial charge is 0.229 e. The van der Waals surface area contributed by atoms with Crippen molar-refractivity contribution in [1.29, 1.82) is 0 Å². The van der Waals surface area contributed by atoms with E-state index in [2.05, 4.69) is 15.6 Å². The molecule has 2 rings (SSSR count). The molecule has 1 aromatic heterocycles. The zero-order chi connectivity index (χ0) is 11.7. The summed E-state index contributed by atoms with van der Waals surface area (Å²) in [6.07, 6.45) is 0. The second-order valence-corrected chi connectivity index (χ2v) is 3.96. The molecule has 5 nitrogen and oxygen atoms in total. The average Bonchev–Trinajstić information content (AvgIpc) is 2.38. The van der Waals surface area contributed by atoms with Crippen molar-refractivity contribution in [3.8, 4) is 5.88 Å². The average molecular weight is 221 g/mol. The number of aromatic nitrogens is 1. The Hall–Kier alpha value is -1.78. The van der Waals surface area contributed by atoms with Crippen LogP contribution in [0.5, 0.6) is 5.88 Å². The number of nitrogens with zero attached hydrogens (tertiary/aromatic N) is 1. The number of carbonyl (C=O) groups excluding carboxylic acids is 1. The molecule has 0 fully saturated rings. The highest BCUT2D eigenvalue weighted by molar-refractivity contribution is 5.97. The van der Waals surface area contributed by atoms with E-state index >= 15 is 0 Å². The summed E-state index contributed by atoms with van der Waals surface area (Å²) in [4.78, 5) is 16.0. The van der Waals surface area contributed by atoms with E-state index in [0.29, 0.717) is 17.4 Å². The van der Waals surface area contributed by atoms with E-state index in [0.717, 1.165) is 0 Å². The first-order valence-corrected chi connectivity index (χ1v) is 5.24. The van der Waals surface area contributed by atoms with Crippen LogP contribution in [-0.2, 0) is 4.79 Å². The second kappa shape index (κ2) is 4.00. The Morgan fingerprint density at radius 3 is 2.81 bits per heavy atom. The van der Waals surface area contributed by atoms with E-state index in [1.54, 1.807) is 19.2 Å². The third-order valence-corrected chi connectivity index (χ3v) is 2.86. The molecule has 1 aromatic rings. The first-order chi connectivity index (χ1) is 7.61. The number of pyridine rings is 1. The number of methoxy groups -OCH3 is 1. The molecule has 2 heterocycles. The van der Waals surface area contributed by atoms with E-state index in [1.807, 2.05) is 13.8 Å². The van der Waals surface area contributed by atoms with Gasteiger partial charge >= 0.3 is 0 Å². The van der Waals surface area contributed by atoms with Crippen LogP contribution in [-0.4, -0.2) is 24.0 Å². The van der Waals surface area contributed by atoms with Crippen LogP contribution in [0.4, 0.5) is 11.5 Å². The van der Waals surface area contributed by atoms with Gasteiger partial charge in [0.2, 0.25) is 11.8 Å². The number of amides is 1. The summed E-state index contributed by atoms with van der Waals surface area (Å²) in [5.74, 6) is 1.10. The molecule has 16 heavy (non-hydrogen) atoms. The highest BCUT2D eigenvalue weighted by Gasteiger charge is 2.26. The maximum Gasteiger partial charge on any atom is 0.229 e. The second-order valence-electron chi connectivity index (χ2n) is 3.96. The first kappa shape index (κ1) is 10.7. The van der Waals surface area contributed by atoms with Gasteiger partial charge in [0.25, 0.3) is 0 Å². The molecule has 2 unspecified atom stereocenters. The standard InChI is InChI=1S/C11H15N3O2/c1-6-7(2)12-10-8(13-11(6)15)4-5-9(14-10)16-3/h4-7H,1-3H3,(H,12,14)(H,13,15). The van der Waals surface area contributed by atoms with Crippen molar-refractivity contribution in [3.63, 3.8) is 0 Å². The van der Waals surface area contributed by atoms with Gasteiger partial charge in [-0.1, -0.05) is 6.92 Å². The Bertz CT molecular complexity index is 420. The summed E-state index contributed by atoms with van der Waals surface area (Å²) in [5.41, 5.74) is 0.696. The number of ether oxygens (including phenoxy) is 1. The summed E-state index contributed by atoms with van der Waals surface area (Å²) >= 11 is 0. The largest absolute Gasteiger partial charge is 0.481 e. The van der Waals surface area contributed by atoms with E-state index < -0.39 is 0 Å². The van der Waals surface area contributed by atoms with Gasteiger partial charge in [-0.05, 0) is 13.0 Å². The van der Waals surface area contributed by atoms with Crippen molar-refractivity contribution >= 4 is 17.4 Å². The molecular weight excluding hydrogens is 206 g/mol. The number of hydrogen-bond acceptors (Lipinski definition) is 4. The van der Waals surface area contributed by atoms with Crippen molar-refractivity contribution in [3.05, 3.63) is 12.1 Å². The SMILES string of the molecule is COc1ccc2c(n1)NC(C)C(C)C(=O)N2. The van der Waals surface area contributed by atoms with Crippen LogP contribution in [0.3, 0.4) is 0 Å². The number of fused-ring (bicyclic) bond motifs is 1. The van der Waals surface area contributed by atoms with Gasteiger partial charge in [0.15, 0.2) is 5.82 Å². The van der Waals surface area contributed by atoms with E-state index in [-0.39, 0.29) is 17.9 Å². The highest BCUT2D eigenvalue weighted by Crippen LogP contribution is 2.28. The molecule has 2 N–H and O–H groups in total. The minimum atomic E-state index is -0.0970. The zero-order valence-corrected chi connectivity index (χ0v) is 9.57. The molecule has 5 heteroatoms. The van der Waals surface area contributed by atoms with Crippen LogP contribution in [0.25, 0.3) is 0 Å². The molecular formula is C11H15N3O2. The molecule has 0 bridgehead atoms. The molecule has 0 radical (unpaired) electrons. The van der Waals surface area contributed by atoms with Gasteiger partial charge in [-0.2, -0.15) is 4.98 Å². The predicted octanol–water partition coefficient (Wildman–Crippen LogP) is 1.48. The number of nitrogens with one attached hydrogen (secondary N) is 2. The maximum absolute atomic E-state index is 11.7. The van der Waals surface area contributed by atoms with Gasteiger partial charge in [0.05, 0.1) is 18.7 Å². The Labute approximate surface area is 94.2 Å². The van der Waals surface area contributed by atoms with E-state index in [1.165, 1.54) is 0 Å². The van der Waals surface area contributed by atoms with Crippen LogP contribution in [0, 0.1) is 5.92 Å². The fourth-order valence-corrected chi connectivity index (χ4v) is 1.58. The van der Waals surface area contributed by atoms with Crippen LogP contribution in [0.1, 0.15) is 13.8 Å². The summed E-state index contributed by atoms with van der Waals surface area (Å²) < 4.78 is 5.05. The van der Waals surface area contributed by atoms with Crippen molar-refractivity contribution in [2.45, 2.75) is 19.9 Å². The summed E-state index contributed by atoms with van der Waals surface area (Å²) in [6.45, 7) is 3.84. The summed E-state index contributed by atoms with van der Waals surface area (Å²) in [7, 11) is 1.57. The third kappa shape index (κ3) is 1.80. The molecule has 86 valence electrons. The number of carbonyl (C=O) groups is 1. The van der Waals surface area contributed by atoms with Crippen molar-refractivity contribution in [2.75, 3.05) is 17.7 Å². The van der Waals surface area contributed by atoms with Crippen LogP contribution >= 0.6 is 0 Å². The normalized spacial score (nSPS) is 23.8. The van der Waals surface area contributed by atoms with E-state index in [4.69, 9.17) is 4.74 Å². The zero-order valence-electron chi connectivity index (χ0n) is 9.57. The lowest BCUT2D eigenvalue weighted by molar-refractivity contribution is -0.119. The monoisotopic (exact) mass is 221 g/mol. The van der Waals surface area contributed by atoms with E-state index in [9.17, 15) is 4.79 Å². The minimum absolute atomic E-state index is 0.00529. The van der Waals surface area contributed by atoms with Crippen LogP contribution in [0.15, 0.2) is 12.1 Å². The fourth-order valence-electron chi connectivity index (χ4n) is 1.58. The summed E-state index contributed by atoms with van der Waals surface area (Å²) in [5, 5.41) is 6.04. The molecule has 2 atom stereocenters. The Kier molecular flexibility index (Phi) is 2.68. The molecule has 1 amide bonds. The molecule has 1 aliphatic heterocycles. The maximum atomic E-state index is 11.7. The number of rotatable bonds is 1. The van der Waals surface area contributed by atoms with Gasteiger partial charge in [0, 0.05) is 12.1 Å². The Morgan fingerprint density at radius 2 is 2.12 bits per heavy atom. The minimum Gasteiger partial charge on any atom is -0.481 e. The fraction of sp³-hybridized carbons (Fsp3) is 0.455. The Balaban J connectivity index is 2.39. The number of anilines is 2. The molecule has 1 aliphatic rings. The van der Waals surface area contributed by atoms with Crippen molar-refractivity contribution < 1.29 is 9.53 Å². The third-order valence-electron chi connectivity index (χ3n) is 2.86. The quantitative estimate of drug-likeness (QED) is 0.754. The lowest BCUT2D eigenvalue weighted by Gasteiger charge is -2.16. The van der Waals surface area contributed by atoms with Gasteiger partial charge in [-0.25, -0.2) is 0 Å². The topological polar surface area (TPSA) is 63.2 Å². The first-order valence-electron chi connectivity index (χ1n) is 5.24. The molecule has 0 saturated carbocycles. The lowest BCUT2D eigenvalue weighted by Crippen LogP contribution is -2.30.